The number of aromatic nitrogens is 5. The Morgan fingerprint density at radius 1 is 1.36 bits per heavy atom. The predicted octanol–water partition coefficient (Wildman–Crippen LogP) is 3.86. The standard InChI is InChI=1S/C21H25ClFN7O3/c1-21(5-6-21)27-20(31)33-14-4-3-12(18(14)23)13-7-16(29-28-13)26-19-25-15(22)8-17-24-11(10-32-2)9-30(17)19/h7-9,12,14,18H,3-6,10H2,1-2H3,(H,27,31)(H2,25,26,28,29)/t12-,14-,18-/m1/s1. The Kier molecular flexibility index (Phi) is 5.61. The molecule has 2 saturated carbocycles. The third-order valence-electron chi connectivity index (χ3n) is 6.17. The number of alkyl halides is 1. The Labute approximate surface area is 194 Å². The van der Waals surface area contributed by atoms with Crippen LogP contribution in [0.3, 0.4) is 0 Å². The van der Waals surface area contributed by atoms with Crippen LogP contribution in [0.4, 0.5) is 21.0 Å². The number of rotatable bonds is 7. The number of amides is 1. The average Bonchev–Trinajstić information content (AvgIpc) is 3.11. The molecule has 2 aliphatic carbocycles. The molecule has 0 spiro atoms. The minimum atomic E-state index is -1.32. The van der Waals surface area contributed by atoms with Gasteiger partial charge in [0.2, 0.25) is 5.95 Å². The molecule has 33 heavy (non-hydrogen) atoms. The number of ether oxygens (including phenoxy) is 2. The van der Waals surface area contributed by atoms with E-state index in [1.165, 1.54) is 0 Å². The number of methoxy groups -OCH3 is 1. The average molecular weight is 478 g/mol. The molecule has 0 unspecified atom stereocenters. The molecule has 3 aromatic heterocycles. The van der Waals surface area contributed by atoms with Crippen molar-refractivity contribution < 1.29 is 18.7 Å². The lowest BCUT2D eigenvalue weighted by atomic mass is 10.0. The van der Waals surface area contributed by atoms with Gasteiger partial charge in [0, 0.05) is 42.6 Å². The number of halogens is 2. The van der Waals surface area contributed by atoms with Crippen molar-refractivity contribution >= 4 is 35.1 Å². The quantitative estimate of drug-likeness (QED) is 0.442. The van der Waals surface area contributed by atoms with Crippen LogP contribution in [0, 0.1) is 0 Å². The molecule has 1 amide bonds. The summed E-state index contributed by atoms with van der Waals surface area (Å²) >= 11 is 6.15. The smallest absolute Gasteiger partial charge is 0.407 e. The number of nitrogens with one attached hydrogen (secondary N) is 3. The number of carbonyl (C=O) groups is 1. The van der Waals surface area contributed by atoms with Gasteiger partial charge in [0.25, 0.3) is 0 Å². The second-order valence-corrected chi connectivity index (χ2v) is 9.27. The fourth-order valence-corrected chi connectivity index (χ4v) is 4.30. The molecular weight excluding hydrogens is 453 g/mol. The van der Waals surface area contributed by atoms with E-state index in [1.54, 1.807) is 29.8 Å². The number of anilines is 2. The van der Waals surface area contributed by atoms with Crippen molar-refractivity contribution in [3.8, 4) is 0 Å². The predicted molar refractivity (Wildman–Crippen MR) is 118 cm³/mol. The molecular formula is C21H25ClFN7O3. The summed E-state index contributed by atoms with van der Waals surface area (Å²) in [4.78, 5) is 20.8. The first-order valence-electron chi connectivity index (χ1n) is 10.8. The van der Waals surface area contributed by atoms with Crippen LogP contribution in [0.5, 0.6) is 0 Å². The summed E-state index contributed by atoms with van der Waals surface area (Å²) in [7, 11) is 1.59. The number of fused-ring (bicyclic) bond motifs is 1. The van der Waals surface area contributed by atoms with Crippen LogP contribution in [0.1, 0.15) is 49.9 Å². The zero-order chi connectivity index (χ0) is 23.2. The van der Waals surface area contributed by atoms with Crippen LogP contribution in [-0.2, 0) is 16.1 Å². The van der Waals surface area contributed by atoms with Gasteiger partial charge in [0.15, 0.2) is 5.82 Å². The molecule has 10 nitrogen and oxygen atoms in total. The molecule has 0 aliphatic heterocycles. The minimum absolute atomic E-state index is 0.204. The number of hydrogen-bond acceptors (Lipinski definition) is 7. The third kappa shape index (κ3) is 4.60. The van der Waals surface area contributed by atoms with Crippen molar-refractivity contribution in [3.05, 3.63) is 34.9 Å². The van der Waals surface area contributed by atoms with Crippen LogP contribution in [0.15, 0.2) is 18.3 Å². The van der Waals surface area contributed by atoms with Crippen LogP contribution in [0.2, 0.25) is 5.15 Å². The summed E-state index contributed by atoms with van der Waals surface area (Å²) in [5.41, 5.74) is 1.75. The van der Waals surface area contributed by atoms with E-state index in [9.17, 15) is 4.79 Å². The SMILES string of the molecule is COCc1cn2c(Nc3cc([C@H]4CC[C@@H](OC(=O)NC5(C)CC5)[C@@H]4F)[nH]n3)nc(Cl)cc2n1. The highest BCUT2D eigenvalue weighted by Gasteiger charge is 2.43. The van der Waals surface area contributed by atoms with Crippen LogP contribution in [-0.4, -0.2) is 55.6 Å². The maximum Gasteiger partial charge on any atom is 0.407 e. The van der Waals surface area contributed by atoms with E-state index in [4.69, 9.17) is 21.1 Å². The third-order valence-corrected chi connectivity index (χ3v) is 6.36. The molecule has 0 saturated heterocycles. The lowest BCUT2D eigenvalue weighted by molar-refractivity contribution is 0.0546. The summed E-state index contributed by atoms with van der Waals surface area (Å²) in [6, 6.07) is 3.38. The molecule has 3 heterocycles. The summed E-state index contributed by atoms with van der Waals surface area (Å²) in [6.07, 6.45) is 1.96. The molecule has 2 aliphatic rings. The van der Waals surface area contributed by atoms with Gasteiger partial charge in [0.1, 0.15) is 23.1 Å². The van der Waals surface area contributed by atoms with Gasteiger partial charge >= 0.3 is 6.09 Å². The molecule has 0 radical (unpaired) electrons. The van der Waals surface area contributed by atoms with Crippen molar-refractivity contribution in [1.82, 2.24) is 29.9 Å². The summed E-state index contributed by atoms with van der Waals surface area (Å²) in [5.74, 6) is 0.426. The first kappa shape index (κ1) is 21.9. The number of alkyl carbamates (subject to hydrolysis) is 1. The van der Waals surface area contributed by atoms with Gasteiger partial charge in [-0.05, 0) is 32.6 Å². The Morgan fingerprint density at radius 3 is 2.94 bits per heavy atom. The summed E-state index contributed by atoms with van der Waals surface area (Å²) in [5, 5.41) is 13.3. The molecule has 3 N–H and O–H groups in total. The second-order valence-electron chi connectivity index (χ2n) is 8.89. The van der Waals surface area contributed by atoms with Crippen LogP contribution in [0.25, 0.3) is 5.65 Å². The van der Waals surface area contributed by atoms with E-state index >= 15 is 4.39 Å². The number of H-pyrrole nitrogens is 1. The van der Waals surface area contributed by atoms with E-state index in [2.05, 4.69) is 30.8 Å². The lowest BCUT2D eigenvalue weighted by Crippen LogP contribution is -2.38. The maximum atomic E-state index is 15.1. The number of nitrogens with zero attached hydrogens (tertiary/aromatic N) is 4. The first-order valence-corrected chi connectivity index (χ1v) is 11.2. The highest BCUT2D eigenvalue weighted by molar-refractivity contribution is 6.29. The number of aromatic amines is 1. The fraction of sp³-hybridized carbons (Fsp3) is 0.524. The van der Waals surface area contributed by atoms with E-state index in [-0.39, 0.29) is 10.7 Å². The molecule has 0 bridgehead atoms. The van der Waals surface area contributed by atoms with Crippen LogP contribution >= 0.6 is 11.6 Å². The van der Waals surface area contributed by atoms with Gasteiger partial charge in [0.05, 0.1) is 12.3 Å². The molecule has 176 valence electrons. The number of imidazole rings is 1. The van der Waals surface area contributed by atoms with E-state index < -0.39 is 24.3 Å². The molecule has 12 heteroatoms. The molecule has 3 atom stereocenters. The largest absolute Gasteiger partial charge is 0.443 e. The van der Waals surface area contributed by atoms with Crippen molar-refractivity contribution in [3.63, 3.8) is 0 Å². The second kappa shape index (κ2) is 8.45. The minimum Gasteiger partial charge on any atom is -0.443 e. The monoisotopic (exact) mass is 477 g/mol. The zero-order valence-corrected chi connectivity index (χ0v) is 19.0. The van der Waals surface area contributed by atoms with Gasteiger partial charge < -0.3 is 20.1 Å². The highest BCUT2D eigenvalue weighted by Crippen LogP contribution is 2.39. The van der Waals surface area contributed by atoms with E-state index in [0.29, 0.717) is 42.6 Å². The van der Waals surface area contributed by atoms with E-state index in [1.807, 2.05) is 6.92 Å². The number of carbonyl (C=O) groups excluding carboxylic acids is 1. The highest BCUT2D eigenvalue weighted by atomic mass is 35.5. The molecule has 0 aromatic carbocycles. The zero-order valence-electron chi connectivity index (χ0n) is 18.3. The maximum absolute atomic E-state index is 15.1. The fourth-order valence-electron chi connectivity index (χ4n) is 4.12. The van der Waals surface area contributed by atoms with Crippen LogP contribution < -0.4 is 10.6 Å². The van der Waals surface area contributed by atoms with Gasteiger partial charge in [-0.15, -0.1) is 0 Å². The molecule has 5 rings (SSSR count). The Morgan fingerprint density at radius 2 is 2.18 bits per heavy atom. The Balaban J connectivity index is 1.27. The first-order chi connectivity index (χ1) is 15.8. The lowest BCUT2D eigenvalue weighted by Gasteiger charge is -2.19. The molecule has 3 aromatic rings. The Bertz CT molecular complexity index is 1180. The van der Waals surface area contributed by atoms with Gasteiger partial charge in [-0.1, -0.05) is 11.6 Å². The van der Waals surface area contributed by atoms with Crippen molar-refractivity contribution in [1.29, 1.82) is 0 Å². The normalized spacial score (nSPS) is 23.6. The summed E-state index contributed by atoms with van der Waals surface area (Å²) in [6.45, 7) is 2.30. The van der Waals surface area contributed by atoms with Crippen molar-refractivity contribution in [2.75, 3.05) is 12.4 Å². The van der Waals surface area contributed by atoms with Gasteiger partial charge in [-0.2, -0.15) is 5.10 Å². The number of hydrogen-bond donors (Lipinski definition) is 3. The topological polar surface area (TPSA) is 118 Å². The van der Waals surface area contributed by atoms with Crippen molar-refractivity contribution in [2.45, 2.75) is 62.9 Å². The molecule has 2 fully saturated rings. The van der Waals surface area contributed by atoms with Gasteiger partial charge in [-0.25, -0.2) is 19.2 Å². The Hall–Kier alpha value is -2.92. The van der Waals surface area contributed by atoms with Crippen molar-refractivity contribution in [2.24, 2.45) is 0 Å². The van der Waals surface area contributed by atoms with E-state index in [0.717, 1.165) is 18.5 Å². The summed E-state index contributed by atoms with van der Waals surface area (Å²) < 4.78 is 27.3. The van der Waals surface area contributed by atoms with Gasteiger partial charge in [-0.3, -0.25) is 9.50 Å².